The summed E-state index contributed by atoms with van der Waals surface area (Å²) >= 11 is 1.63. The molecule has 0 unspecified atom stereocenters. The summed E-state index contributed by atoms with van der Waals surface area (Å²) in [5.74, 6) is -0.0145. The molecule has 8 heteroatoms. The summed E-state index contributed by atoms with van der Waals surface area (Å²) in [5, 5.41) is 7.80. The number of hydrogen-bond acceptors (Lipinski definition) is 7. The fourth-order valence-electron chi connectivity index (χ4n) is 4.25. The van der Waals surface area contributed by atoms with Crippen LogP contribution in [-0.2, 0) is 0 Å². The second-order valence-electron chi connectivity index (χ2n) is 8.22. The van der Waals surface area contributed by atoms with Gasteiger partial charge in [0.25, 0.3) is 5.91 Å². The standard InChI is InChI=1S/C26H22N6OS/c33-26(32-11-9-27-10-12-32)23-5-2-18(15-29-23)17-1-4-21-20(13-17)22(7-8-28-21)31-19-3-6-25-24(14-19)30-16-34-25/h1-8,13-16,27H,9-12H2,(H,28,31). The second kappa shape index (κ2) is 8.81. The molecule has 6 rings (SSSR count). The second-order valence-corrected chi connectivity index (χ2v) is 9.11. The molecule has 7 nitrogen and oxygen atoms in total. The van der Waals surface area contributed by atoms with Gasteiger partial charge in [-0.05, 0) is 48.0 Å². The lowest BCUT2D eigenvalue weighted by Gasteiger charge is -2.27. The van der Waals surface area contributed by atoms with E-state index in [1.807, 2.05) is 46.9 Å². The van der Waals surface area contributed by atoms with Crippen molar-refractivity contribution in [3.63, 3.8) is 0 Å². The molecule has 1 amide bonds. The zero-order chi connectivity index (χ0) is 22.9. The van der Waals surface area contributed by atoms with Crippen LogP contribution in [0.25, 0.3) is 32.2 Å². The minimum Gasteiger partial charge on any atom is -0.355 e. The third kappa shape index (κ3) is 3.98. The number of aromatic nitrogens is 3. The minimum absolute atomic E-state index is 0.0145. The molecule has 0 spiro atoms. The number of rotatable bonds is 4. The topological polar surface area (TPSA) is 83.0 Å². The molecule has 0 aliphatic carbocycles. The number of carbonyl (C=O) groups excluding carboxylic acids is 1. The molecule has 1 fully saturated rings. The molecular formula is C26H22N6OS. The molecule has 3 aromatic heterocycles. The summed E-state index contributed by atoms with van der Waals surface area (Å²) < 4.78 is 1.17. The highest BCUT2D eigenvalue weighted by atomic mass is 32.1. The lowest BCUT2D eigenvalue weighted by atomic mass is 10.0. The highest BCUT2D eigenvalue weighted by Crippen LogP contribution is 2.31. The first-order valence-electron chi connectivity index (χ1n) is 11.2. The van der Waals surface area contributed by atoms with Gasteiger partial charge in [0.05, 0.1) is 21.2 Å². The highest BCUT2D eigenvalue weighted by molar-refractivity contribution is 7.16. The molecule has 1 saturated heterocycles. The zero-order valence-electron chi connectivity index (χ0n) is 18.4. The number of benzene rings is 2. The molecule has 2 aromatic carbocycles. The van der Waals surface area contributed by atoms with Crippen LogP contribution >= 0.6 is 11.3 Å². The van der Waals surface area contributed by atoms with Gasteiger partial charge in [0.2, 0.25) is 0 Å². The van der Waals surface area contributed by atoms with Crippen molar-refractivity contribution in [3.05, 3.63) is 78.2 Å². The molecule has 0 saturated carbocycles. The van der Waals surface area contributed by atoms with Gasteiger partial charge in [0.15, 0.2) is 0 Å². The number of thiazole rings is 1. The van der Waals surface area contributed by atoms with Crippen LogP contribution in [0.15, 0.2) is 72.5 Å². The summed E-state index contributed by atoms with van der Waals surface area (Å²) in [6.07, 6.45) is 3.58. The number of pyridine rings is 2. The number of carbonyl (C=O) groups is 1. The number of nitrogens with zero attached hydrogens (tertiary/aromatic N) is 4. The largest absolute Gasteiger partial charge is 0.355 e. The van der Waals surface area contributed by atoms with Crippen LogP contribution in [0.4, 0.5) is 11.4 Å². The van der Waals surface area contributed by atoms with E-state index in [0.717, 1.165) is 52.0 Å². The van der Waals surface area contributed by atoms with E-state index in [9.17, 15) is 4.79 Å². The van der Waals surface area contributed by atoms with Crippen molar-refractivity contribution < 1.29 is 4.79 Å². The Morgan fingerprint density at radius 2 is 1.79 bits per heavy atom. The first kappa shape index (κ1) is 20.7. The average Bonchev–Trinajstić information content (AvgIpc) is 3.37. The van der Waals surface area contributed by atoms with E-state index in [0.29, 0.717) is 18.8 Å². The van der Waals surface area contributed by atoms with Gasteiger partial charge < -0.3 is 15.5 Å². The summed E-state index contributed by atoms with van der Waals surface area (Å²) in [4.78, 5) is 28.0. The summed E-state index contributed by atoms with van der Waals surface area (Å²) in [6.45, 7) is 3.07. The van der Waals surface area contributed by atoms with Gasteiger partial charge in [-0.1, -0.05) is 12.1 Å². The Labute approximate surface area is 200 Å². The minimum atomic E-state index is -0.0145. The van der Waals surface area contributed by atoms with Gasteiger partial charge in [-0.3, -0.25) is 14.8 Å². The maximum atomic E-state index is 12.7. The molecule has 4 heterocycles. The van der Waals surface area contributed by atoms with Gasteiger partial charge in [-0.25, -0.2) is 4.98 Å². The number of nitrogens with one attached hydrogen (secondary N) is 2. The number of piperazine rings is 1. The van der Waals surface area contributed by atoms with Crippen molar-refractivity contribution in [1.82, 2.24) is 25.2 Å². The van der Waals surface area contributed by atoms with Crippen molar-refractivity contribution >= 4 is 49.7 Å². The van der Waals surface area contributed by atoms with Crippen LogP contribution in [0.2, 0.25) is 0 Å². The fourth-order valence-corrected chi connectivity index (χ4v) is 4.91. The quantitative estimate of drug-likeness (QED) is 0.400. The van der Waals surface area contributed by atoms with E-state index < -0.39 is 0 Å². The van der Waals surface area contributed by atoms with Crippen LogP contribution in [0, 0.1) is 0 Å². The summed E-state index contributed by atoms with van der Waals surface area (Å²) in [7, 11) is 0. The maximum Gasteiger partial charge on any atom is 0.272 e. The number of anilines is 2. The van der Waals surface area contributed by atoms with Gasteiger partial charge in [-0.2, -0.15) is 0 Å². The van der Waals surface area contributed by atoms with Gasteiger partial charge >= 0.3 is 0 Å². The number of fused-ring (bicyclic) bond motifs is 2. The van der Waals surface area contributed by atoms with Gasteiger partial charge in [0, 0.05) is 60.9 Å². The monoisotopic (exact) mass is 466 g/mol. The van der Waals surface area contributed by atoms with Crippen molar-refractivity contribution in [2.24, 2.45) is 0 Å². The van der Waals surface area contributed by atoms with E-state index in [2.05, 4.69) is 49.9 Å². The Morgan fingerprint density at radius 1 is 0.912 bits per heavy atom. The molecule has 168 valence electrons. The highest BCUT2D eigenvalue weighted by Gasteiger charge is 2.19. The Morgan fingerprint density at radius 3 is 2.65 bits per heavy atom. The molecular weight excluding hydrogens is 444 g/mol. The SMILES string of the molecule is O=C(c1ccc(-c2ccc3nccc(Nc4ccc5scnc5c4)c3c2)cn1)N1CCNCC1. The van der Waals surface area contributed by atoms with Gasteiger partial charge in [-0.15, -0.1) is 11.3 Å². The lowest BCUT2D eigenvalue weighted by Crippen LogP contribution is -2.46. The van der Waals surface area contributed by atoms with E-state index in [4.69, 9.17) is 0 Å². The van der Waals surface area contributed by atoms with Crippen molar-refractivity contribution in [1.29, 1.82) is 0 Å². The van der Waals surface area contributed by atoms with Crippen LogP contribution < -0.4 is 10.6 Å². The predicted octanol–water partition coefficient (Wildman–Crippen LogP) is 4.70. The normalized spacial score (nSPS) is 13.9. The molecule has 1 aliphatic heterocycles. The zero-order valence-corrected chi connectivity index (χ0v) is 19.2. The van der Waals surface area contributed by atoms with Crippen LogP contribution in [-0.4, -0.2) is 51.9 Å². The van der Waals surface area contributed by atoms with Crippen LogP contribution in [0.5, 0.6) is 0 Å². The van der Waals surface area contributed by atoms with Crippen LogP contribution in [0.3, 0.4) is 0 Å². The van der Waals surface area contributed by atoms with E-state index in [-0.39, 0.29) is 5.91 Å². The number of hydrogen-bond donors (Lipinski definition) is 2. The molecule has 5 aromatic rings. The average molecular weight is 467 g/mol. The molecule has 34 heavy (non-hydrogen) atoms. The lowest BCUT2D eigenvalue weighted by molar-refractivity contribution is 0.0730. The molecule has 0 radical (unpaired) electrons. The van der Waals surface area contributed by atoms with E-state index in [1.54, 1.807) is 17.5 Å². The van der Waals surface area contributed by atoms with E-state index >= 15 is 0 Å². The molecule has 0 bridgehead atoms. The Kier molecular flexibility index (Phi) is 5.37. The first-order chi connectivity index (χ1) is 16.7. The van der Waals surface area contributed by atoms with Gasteiger partial charge in [0.1, 0.15) is 5.69 Å². The Bertz CT molecular complexity index is 1490. The fraction of sp³-hybridized carbons (Fsp3) is 0.154. The van der Waals surface area contributed by atoms with Crippen molar-refractivity contribution in [2.45, 2.75) is 0 Å². The summed E-state index contributed by atoms with van der Waals surface area (Å²) in [5.41, 5.74) is 8.16. The van der Waals surface area contributed by atoms with E-state index in [1.165, 1.54) is 4.70 Å². The molecule has 0 atom stereocenters. The van der Waals surface area contributed by atoms with Crippen molar-refractivity contribution in [2.75, 3.05) is 31.5 Å². The Balaban J connectivity index is 1.29. The Hall–Kier alpha value is -3.88. The molecule has 2 N–H and O–H groups in total. The third-order valence-electron chi connectivity index (χ3n) is 6.07. The van der Waals surface area contributed by atoms with Crippen LogP contribution in [0.1, 0.15) is 10.5 Å². The smallest absolute Gasteiger partial charge is 0.272 e. The third-order valence-corrected chi connectivity index (χ3v) is 6.88. The predicted molar refractivity (Wildman–Crippen MR) is 137 cm³/mol. The first-order valence-corrected chi connectivity index (χ1v) is 12.1. The number of amides is 1. The summed E-state index contributed by atoms with van der Waals surface area (Å²) in [6, 6.07) is 18.1. The van der Waals surface area contributed by atoms with Crippen molar-refractivity contribution in [3.8, 4) is 11.1 Å². The molecule has 1 aliphatic rings. The maximum absolute atomic E-state index is 12.7.